The third-order valence-electron chi connectivity index (χ3n) is 2.07. The van der Waals surface area contributed by atoms with Gasteiger partial charge in [0.25, 0.3) is 0 Å². The average Bonchev–Trinajstić information content (AvgIpc) is 2.63. The van der Waals surface area contributed by atoms with Gasteiger partial charge in [-0.05, 0) is 32.0 Å². The van der Waals surface area contributed by atoms with Crippen molar-refractivity contribution < 1.29 is 14.3 Å². The number of hydrazone groups is 1. The number of ether oxygens (including phenoxy) is 2. The van der Waals surface area contributed by atoms with Crippen molar-refractivity contribution in [1.29, 1.82) is 0 Å². The van der Waals surface area contributed by atoms with Crippen LogP contribution in [-0.4, -0.2) is 29.7 Å². The summed E-state index contributed by atoms with van der Waals surface area (Å²) in [4.78, 5) is 11.0. The van der Waals surface area contributed by atoms with Crippen LogP contribution < -0.4 is 11.2 Å². The minimum Gasteiger partial charge on any atom is -0.435 e. The molecule has 0 spiro atoms. The number of carbonyl (C=O) groups excluding carboxylic acids is 1. The number of carbonyl (C=O) groups is 1. The second-order valence-corrected chi connectivity index (χ2v) is 3.76. The molecule has 0 aliphatic heterocycles. The van der Waals surface area contributed by atoms with Crippen LogP contribution in [0.2, 0.25) is 0 Å². The molecule has 0 aromatic carbocycles. The number of thiocarbonyl (C=S) groups is 1. The zero-order valence-electron chi connectivity index (χ0n) is 9.06. The lowest BCUT2D eigenvalue weighted by atomic mass is 10.3. The molecule has 0 aromatic rings. The molecule has 1 rings (SSSR count). The van der Waals surface area contributed by atoms with Gasteiger partial charge in [-0.25, -0.2) is 4.79 Å². The molecule has 0 amide bonds. The van der Waals surface area contributed by atoms with Crippen LogP contribution in [0.5, 0.6) is 0 Å². The first-order valence-corrected chi connectivity index (χ1v) is 5.47. The molecule has 1 aliphatic carbocycles. The minimum atomic E-state index is -0.629. The van der Waals surface area contributed by atoms with Crippen molar-refractivity contribution >= 4 is 29.2 Å². The fraction of sp³-hybridized carbons (Fsp3) is 0.667. The van der Waals surface area contributed by atoms with Crippen molar-refractivity contribution in [2.45, 2.75) is 32.3 Å². The number of nitrogens with zero attached hydrogens (tertiary/aromatic N) is 1. The Bertz CT molecular complexity index is 306. The monoisotopic (exact) mass is 245 g/mol. The molecule has 1 atom stereocenters. The van der Waals surface area contributed by atoms with Gasteiger partial charge in [0.2, 0.25) is 0 Å². The van der Waals surface area contributed by atoms with E-state index in [1.807, 2.05) is 0 Å². The second kappa shape index (κ2) is 6.26. The topological polar surface area (TPSA) is 85.9 Å². The normalized spacial score (nSPS) is 21.8. The van der Waals surface area contributed by atoms with E-state index in [1.165, 1.54) is 0 Å². The molecule has 3 N–H and O–H groups in total. The fourth-order valence-corrected chi connectivity index (χ4v) is 1.46. The maximum atomic E-state index is 11.0. The highest BCUT2D eigenvalue weighted by atomic mass is 32.1. The van der Waals surface area contributed by atoms with Gasteiger partial charge in [-0.2, -0.15) is 5.10 Å². The van der Waals surface area contributed by atoms with Gasteiger partial charge in [-0.1, -0.05) is 0 Å². The molecule has 6 nitrogen and oxygen atoms in total. The van der Waals surface area contributed by atoms with Crippen molar-refractivity contribution in [2.75, 3.05) is 6.61 Å². The zero-order chi connectivity index (χ0) is 12.0. The van der Waals surface area contributed by atoms with Gasteiger partial charge in [0, 0.05) is 12.1 Å². The van der Waals surface area contributed by atoms with Crippen molar-refractivity contribution in [2.24, 2.45) is 10.8 Å². The molecule has 1 unspecified atom stereocenters. The van der Waals surface area contributed by atoms with E-state index < -0.39 is 6.16 Å². The fourth-order valence-electron chi connectivity index (χ4n) is 1.42. The Morgan fingerprint density at radius 2 is 2.50 bits per heavy atom. The third kappa shape index (κ3) is 4.43. The Balaban J connectivity index is 2.32. The van der Waals surface area contributed by atoms with Crippen molar-refractivity contribution in [1.82, 2.24) is 5.43 Å². The van der Waals surface area contributed by atoms with E-state index in [0.29, 0.717) is 13.0 Å². The number of hydrogen-bond acceptors (Lipinski definition) is 5. The van der Waals surface area contributed by atoms with E-state index in [2.05, 4.69) is 27.5 Å². The zero-order valence-corrected chi connectivity index (χ0v) is 9.88. The van der Waals surface area contributed by atoms with E-state index in [1.54, 1.807) is 6.92 Å². The Morgan fingerprint density at radius 1 is 1.75 bits per heavy atom. The molecule has 0 bridgehead atoms. The summed E-state index contributed by atoms with van der Waals surface area (Å²) in [6, 6.07) is 0. The predicted octanol–water partition coefficient (Wildman–Crippen LogP) is 0.901. The third-order valence-corrected chi connectivity index (χ3v) is 2.16. The van der Waals surface area contributed by atoms with E-state index in [-0.39, 0.29) is 11.2 Å². The molecule has 0 aromatic heterocycles. The highest BCUT2D eigenvalue weighted by Gasteiger charge is 2.24. The Hall–Kier alpha value is -1.37. The van der Waals surface area contributed by atoms with Gasteiger partial charge < -0.3 is 15.2 Å². The number of nitrogens with one attached hydrogen (secondary N) is 1. The van der Waals surface area contributed by atoms with E-state index in [9.17, 15) is 4.79 Å². The summed E-state index contributed by atoms with van der Waals surface area (Å²) < 4.78 is 9.73. The maximum Gasteiger partial charge on any atom is 0.508 e. The summed E-state index contributed by atoms with van der Waals surface area (Å²) in [6.45, 7) is 2.05. The maximum absolute atomic E-state index is 11.0. The van der Waals surface area contributed by atoms with Crippen LogP contribution in [-0.2, 0) is 9.47 Å². The van der Waals surface area contributed by atoms with Gasteiger partial charge in [0.15, 0.2) is 5.11 Å². The predicted molar refractivity (Wildman–Crippen MR) is 63.1 cm³/mol. The summed E-state index contributed by atoms with van der Waals surface area (Å²) in [5, 5.41) is 4.12. The van der Waals surface area contributed by atoms with Gasteiger partial charge in [-0.15, -0.1) is 0 Å². The van der Waals surface area contributed by atoms with E-state index >= 15 is 0 Å². The number of rotatable bonds is 3. The van der Waals surface area contributed by atoms with Gasteiger partial charge in [0.05, 0.1) is 6.61 Å². The number of hydrogen-bond donors (Lipinski definition) is 2. The molecular formula is C9H15N3O3S. The lowest BCUT2D eigenvalue weighted by Crippen LogP contribution is -2.25. The van der Waals surface area contributed by atoms with Crippen LogP contribution in [0.3, 0.4) is 0 Å². The second-order valence-electron chi connectivity index (χ2n) is 3.32. The largest absolute Gasteiger partial charge is 0.508 e. The summed E-state index contributed by atoms with van der Waals surface area (Å²) in [5.41, 5.74) is 8.64. The van der Waals surface area contributed by atoms with Crippen LogP contribution in [0.4, 0.5) is 4.79 Å². The molecule has 7 heteroatoms. The van der Waals surface area contributed by atoms with Crippen LogP contribution in [0.25, 0.3) is 0 Å². The first kappa shape index (κ1) is 12.7. The molecule has 0 heterocycles. The smallest absolute Gasteiger partial charge is 0.435 e. The van der Waals surface area contributed by atoms with Crippen molar-refractivity contribution in [3.8, 4) is 0 Å². The Morgan fingerprint density at radius 3 is 3.12 bits per heavy atom. The lowest BCUT2D eigenvalue weighted by molar-refractivity contribution is 0.0302. The SMILES string of the molecule is CCOC(=O)OC1CC/C(=N\NC(N)=S)C1. The van der Waals surface area contributed by atoms with Gasteiger partial charge >= 0.3 is 6.16 Å². The highest BCUT2D eigenvalue weighted by Crippen LogP contribution is 2.19. The molecule has 0 radical (unpaired) electrons. The van der Waals surface area contributed by atoms with Gasteiger partial charge in [-0.3, -0.25) is 5.43 Å². The first-order chi connectivity index (χ1) is 7.61. The summed E-state index contributed by atoms with van der Waals surface area (Å²) in [6.07, 6.45) is 1.31. The van der Waals surface area contributed by atoms with Crippen LogP contribution >= 0.6 is 12.2 Å². The van der Waals surface area contributed by atoms with Gasteiger partial charge in [0.1, 0.15) is 6.10 Å². The molecule has 90 valence electrons. The summed E-state index contributed by atoms with van der Waals surface area (Å²) in [7, 11) is 0. The highest BCUT2D eigenvalue weighted by molar-refractivity contribution is 7.80. The quantitative estimate of drug-likeness (QED) is 0.436. The standard InChI is InChI=1S/C9H15N3O3S/c1-2-14-9(13)15-7-4-3-6(5-7)11-12-8(10)16/h7H,2-5H2,1H3,(H3,10,12,16)/b11-6+. The molecule has 1 aliphatic rings. The molecule has 16 heavy (non-hydrogen) atoms. The number of nitrogens with two attached hydrogens (primary N) is 1. The first-order valence-electron chi connectivity index (χ1n) is 5.06. The summed E-state index contributed by atoms with van der Waals surface area (Å²) >= 11 is 4.62. The van der Waals surface area contributed by atoms with Crippen molar-refractivity contribution in [3.63, 3.8) is 0 Å². The van der Waals surface area contributed by atoms with Crippen molar-refractivity contribution in [3.05, 3.63) is 0 Å². The Labute approximate surface area is 99.2 Å². The Kier molecular flexibility index (Phi) is 4.97. The molecule has 1 saturated carbocycles. The lowest BCUT2D eigenvalue weighted by Gasteiger charge is -2.09. The van der Waals surface area contributed by atoms with E-state index in [4.69, 9.17) is 10.5 Å². The van der Waals surface area contributed by atoms with Crippen LogP contribution in [0.1, 0.15) is 26.2 Å². The molecule has 0 saturated heterocycles. The average molecular weight is 245 g/mol. The van der Waals surface area contributed by atoms with Crippen LogP contribution in [0.15, 0.2) is 5.10 Å². The molecule has 1 fully saturated rings. The minimum absolute atomic E-state index is 0.127. The van der Waals surface area contributed by atoms with Crippen LogP contribution in [0, 0.1) is 0 Å². The molecular weight excluding hydrogens is 230 g/mol. The summed E-state index contributed by atoms with van der Waals surface area (Å²) in [5.74, 6) is 0. The van der Waals surface area contributed by atoms with E-state index in [0.717, 1.165) is 18.6 Å².